The van der Waals surface area contributed by atoms with E-state index in [1.54, 1.807) is 6.07 Å². The van der Waals surface area contributed by atoms with Crippen LogP contribution in [0.3, 0.4) is 0 Å². The summed E-state index contributed by atoms with van der Waals surface area (Å²) in [6.45, 7) is 6.14. The Bertz CT molecular complexity index is 532. The summed E-state index contributed by atoms with van der Waals surface area (Å²) in [4.78, 5) is 16.8. The summed E-state index contributed by atoms with van der Waals surface area (Å²) in [7, 11) is 0. The number of nitrogens with one attached hydrogen (secondary N) is 1. The van der Waals surface area contributed by atoms with Crippen LogP contribution < -0.4 is 5.32 Å². The Balaban J connectivity index is 1.39. The lowest BCUT2D eigenvalue weighted by Crippen LogP contribution is -2.35. The van der Waals surface area contributed by atoms with Gasteiger partial charge in [-0.3, -0.25) is 9.69 Å². The number of piperidine rings is 1. The van der Waals surface area contributed by atoms with Crippen molar-refractivity contribution in [2.45, 2.75) is 51.2 Å². The average molecular weight is 350 g/mol. The first kappa shape index (κ1) is 18.4. The molecule has 0 atom stereocenters. The molecule has 0 saturated carbocycles. The molecule has 0 spiro atoms. The smallest absolute Gasteiger partial charge is 0.273 e. The van der Waals surface area contributed by atoms with E-state index in [0.717, 1.165) is 45.6 Å². The number of nitrogens with zero attached hydrogens (tertiary/aromatic N) is 3. The van der Waals surface area contributed by atoms with Crippen molar-refractivity contribution in [3.05, 3.63) is 17.5 Å². The van der Waals surface area contributed by atoms with Crippen molar-refractivity contribution >= 4 is 5.91 Å². The first-order valence-corrected chi connectivity index (χ1v) is 9.57. The van der Waals surface area contributed by atoms with E-state index >= 15 is 0 Å². The normalized spacial score (nSPS) is 21.2. The fourth-order valence-electron chi connectivity index (χ4n) is 3.57. The second-order valence-electron chi connectivity index (χ2n) is 7.20. The van der Waals surface area contributed by atoms with Gasteiger partial charge in [0.05, 0.1) is 12.6 Å². The maximum Gasteiger partial charge on any atom is 0.273 e. The van der Waals surface area contributed by atoms with Gasteiger partial charge in [0.2, 0.25) is 0 Å². The van der Waals surface area contributed by atoms with E-state index in [4.69, 9.17) is 4.52 Å². The van der Waals surface area contributed by atoms with Crippen LogP contribution in [0, 0.1) is 0 Å². The van der Waals surface area contributed by atoms with Crippen LogP contribution in [0.25, 0.3) is 0 Å². The quantitative estimate of drug-likeness (QED) is 0.803. The molecular formula is C18H30N4O3. The lowest BCUT2D eigenvalue weighted by molar-refractivity contribution is 0.0748. The summed E-state index contributed by atoms with van der Waals surface area (Å²) in [6.07, 6.45) is 6.55. The molecule has 1 amide bonds. The number of aromatic nitrogens is 1. The van der Waals surface area contributed by atoms with Gasteiger partial charge in [-0.25, -0.2) is 0 Å². The molecule has 140 valence electrons. The van der Waals surface area contributed by atoms with Crippen molar-refractivity contribution in [1.82, 2.24) is 20.3 Å². The predicted octanol–water partition coefficient (Wildman–Crippen LogP) is 1.24. The molecule has 3 rings (SSSR count). The third-order valence-corrected chi connectivity index (χ3v) is 5.14. The van der Waals surface area contributed by atoms with Crippen molar-refractivity contribution < 1.29 is 14.4 Å². The number of aliphatic hydroxyl groups excluding tert-OH is 1. The number of carbonyl (C=O) groups is 1. The van der Waals surface area contributed by atoms with E-state index in [1.165, 1.54) is 25.7 Å². The number of rotatable bonds is 6. The molecule has 2 aliphatic rings. The fourth-order valence-corrected chi connectivity index (χ4v) is 3.57. The molecule has 2 N–H and O–H groups in total. The first-order chi connectivity index (χ1) is 12.2. The van der Waals surface area contributed by atoms with Crippen LogP contribution in [0.1, 0.15) is 54.8 Å². The van der Waals surface area contributed by atoms with Crippen LogP contribution in [0.2, 0.25) is 0 Å². The first-order valence-electron chi connectivity index (χ1n) is 9.57. The van der Waals surface area contributed by atoms with Crippen LogP contribution in [-0.4, -0.2) is 71.3 Å². The minimum Gasteiger partial charge on any atom is -0.393 e. The summed E-state index contributed by atoms with van der Waals surface area (Å²) in [6, 6.07) is 1.73. The molecule has 0 aromatic carbocycles. The van der Waals surface area contributed by atoms with Gasteiger partial charge in [0.15, 0.2) is 11.5 Å². The van der Waals surface area contributed by atoms with Gasteiger partial charge in [0, 0.05) is 32.2 Å². The summed E-state index contributed by atoms with van der Waals surface area (Å²) in [5, 5.41) is 16.4. The van der Waals surface area contributed by atoms with Crippen LogP contribution in [0.15, 0.2) is 10.6 Å². The molecule has 0 aliphatic carbocycles. The minimum atomic E-state index is -0.184. The van der Waals surface area contributed by atoms with Gasteiger partial charge in [-0.15, -0.1) is 0 Å². The van der Waals surface area contributed by atoms with Crippen molar-refractivity contribution in [2.24, 2.45) is 0 Å². The van der Waals surface area contributed by atoms with E-state index < -0.39 is 0 Å². The summed E-state index contributed by atoms with van der Waals surface area (Å²) >= 11 is 0. The van der Waals surface area contributed by atoms with E-state index in [2.05, 4.69) is 20.3 Å². The van der Waals surface area contributed by atoms with Crippen LogP contribution in [0.4, 0.5) is 0 Å². The Labute approximate surface area is 149 Å². The molecule has 0 bridgehead atoms. The molecule has 25 heavy (non-hydrogen) atoms. The maximum atomic E-state index is 12.2. The highest BCUT2D eigenvalue weighted by Gasteiger charge is 2.20. The maximum absolute atomic E-state index is 12.2. The van der Waals surface area contributed by atoms with Crippen molar-refractivity contribution in [3.63, 3.8) is 0 Å². The lowest BCUT2D eigenvalue weighted by Gasteiger charge is -2.28. The summed E-state index contributed by atoms with van der Waals surface area (Å²) in [5.41, 5.74) is 0.350. The SMILES string of the molecule is O=C(NCCN1CCCCCC1)c1cc(CN2CCC(O)CC2)on1. The van der Waals surface area contributed by atoms with Gasteiger partial charge in [-0.2, -0.15) is 0 Å². The predicted molar refractivity (Wildman–Crippen MR) is 94.3 cm³/mol. The molecule has 7 nitrogen and oxygen atoms in total. The van der Waals surface area contributed by atoms with Gasteiger partial charge < -0.3 is 19.8 Å². The molecule has 2 fully saturated rings. The molecule has 1 aromatic rings. The van der Waals surface area contributed by atoms with Crippen LogP contribution in [-0.2, 0) is 6.54 Å². The van der Waals surface area contributed by atoms with Crippen molar-refractivity contribution in [1.29, 1.82) is 0 Å². The number of aliphatic hydroxyl groups is 1. The monoisotopic (exact) mass is 350 g/mol. The van der Waals surface area contributed by atoms with Gasteiger partial charge in [-0.1, -0.05) is 18.0 Å². The molecule has 0 unspecified atom stereocenters. The highest BCUT2D eigenvalue weighted by atomic mass is 16.5. The number of hydrogen-bond acceptors (Lipinski definition) is 6. The van der Waals surface area contributed by atoms with E-state index in [-0.39, 0.29) is 12.0 Å². The van der Waals surface area contributed by atoms with Gasteiger partial charge in [-0.05, 0) is 38.8 Å². The Morgan fingerprint density at radius 1 is 1.16 bits per heavy atom. The van der Waals surface area contributed by atoms with E-state index in [9.17, 15) is 9.90 Å². The fraction of sp³-hybridized carbons (Fsp3) is 0.778. The Morgan fingerprint density at radius 3 is 2.60 bits per heavy atom. The standard InChI is InChI=1S/C18H30N4O3/c23-15-5-10-22(11-6-15)14-16-13-17(20-25-16)18(24)19-7-12-21-8-3-1-2-4-9-21/h13,15,23H,1-12,14H2,(H,19,24). The zero-order chi connectivity index (χ0) is 17.5. The number of carbonyl (C=O) groups excluding carboxylic acids is 1. The average Bonchev–Trinajstić information content (AvgIpc) is 2.92. The third-order valence-electron chi connectivity index (χ3n) is 5.14. The van der Waals surface area contributed by atoms with Gasteiger partial charge in [0.25, 0.3) is 5.91 Å². The minimum absolute atomic E-state index is 0.168. The van der Waals surface area contributed by atoms with Crippen molar-refractivity contribution in [3.8, 4) is 0 Å². The summed E-state index contributed by atoms with van der Waals surface area (Å²) in [5.74, 6) is 0.535. The Morgan fingerprint density at radius 2 is 1.88 bits per heavy atom. The second kappa shape index (κ2) is 9.31. The topological polar surface area (TPSA) is 81.8 Å². The number of amides is 1. The van der Waals surface area contributed by atoms with Crippen molar-refractivity contribution in [2.75, 3.05) is 39.3 Å². The molecule has 3 heterocycles. The molecule has 2 saturated heterocycles. The molecule has 1 aromatic heterocycles. The molecule has 7 heteroatoms. The van der Waals surface area contributed by atoms with Crippen LogP contribution >= 0.6 is 0 Å². The zero-order valence-electron chi connectivity index (χ0n) is 15.0. The molecular weight excluding hydrogens is 320 g/mol. The molecule has 0 radical (unpaired) electrons. The number of likely N-dealkylation sites (tertiary alicyclic amines) is 2. The summed E-state index contributed by atoms with van der Waals surface area (Å²) < 4.78 is 5.30. The Kier molecular flexibility index (Phi) is 6.84. The van der Waals surface area contributed by atoms with E-state index in [1.807, 2.05) is 0 Å². The third kappa shape index (κ3) is 5.80. The van der Waals surface area contributed by atoms with Gasteiger partial charge >= 0.3 is 0 Å². The highest BCUT2D eigenvalue weighted by molar-refractivity contribution is 5.92. The lowest BCUT2D eigenvalue weighted by atomic mass is 10.1. The number of hydrogen-bond donors (Lipinski definition) is 2. The zero-order valence-corrected chi connectivity index (χ0v) is 15.0. The highest BCUT2D eigenvalue weighted by Crippen LogP contribution is 2.14. The molecule has 2 aliphatic heterocycles. The van der Waals surface area contributed by atoms with Gasteiger partial charge in [0.1, 0.15) is 0 Å². The largest absolute Gasteiger partial charge is 0.393 e. The Hall–Kier alpha value is -1.44. The second-order valence-corrected chi connectivity index (χ2v) is 7.20. The van der Waals surface area contributed by atoms with Crippen LogP contribution in [0.5, 0.6) is 0 Å². The van der Waals surface area contributed by atoms with E-state index in [0.29, 0.717) is 24.5 Å².